The van der Waals surface area contributed by atoms with Crippen LogP contribution in [0.2, 0.25) is 0 Å². The van der Waals surface area contributed by atoms with Crippen molar-refractivity contribution >= 4 is 21.8 Å². The second-order valence-electron chi connectivity index (χ2n) is 4.27. The van der Waals surface area contributed by atoms with Crippen molar-refractivity contribution in [1.82, 2.24) is 5.32 Å². The Balaban J connectivity index is 2.03. The standard InChI is InChI=1S/C15H13BrFNO/c1-10-8-12(16)4-7-14(10)15(19)18-9-11-2-5-13(17)6-3-11/h2-8H,9H2,1H3,(H,18,19). The number of hydrogen-bond donors (Lipinski definition) is 1. The number of nitrogens with one attached hydrogen (secondary N) is 1. The fourth-order valence-corrected chi connectivity index (χ4v) is 2.24. The van der Waals surface area contributed by atoms with Gasteiger partial charge in [0, 0.05) is 16.6 Å². The summed E-state index contributed by atoms with van der Waals surface area (Å²) in [5.74, 6) is -0.409. The van der Waals surface area contributed by atoms with Crippen molar-refractivity contribution in [2.45, 2.75) is 13.5 Å². The van der Waals surface area contributed by atoms with E-state index in [0.717, 1.165) is 15.6 Å². The topological polar surface area (TPSA) is 29.1 Å². The molecule has 0 aromatic heterocycles. The summed E-state index contributed by atoms with van der Waals surface area (Å²) < 4.78 is 13.7. The molecule has 0 aliphatic heterocycles. The second kappa shape index (κ2) is 5.97. The lowest BCUT2D eigenvalue weighted by molar-refractivity contribution is 0.0950. The Morgan fingerprint density at radius 1 is 1.21 bits per heavy atom. The predicted molar refractivity (Wildman–Crippen MR) is 76.4 cm³/mol. The van der Waals surface area contributed by atoms with Crippen LogP contribution in [0, 0.1) is 12.7 Å². The van der Waals surface area contributed by atoms with Gasteiger partial charge in [-0.15, -0.1) is 0 Å². The minimum atomic E-state index is -0.279. The number of carbonyl (C=O) groups is 1. The van der Waals surface area contributed by atoms with Gasteiger partial charge in [-0.25, -0.2) is 4.39 Å². The summed E-state index contributed by atoms with van der Waals surface area (Å²) in [4.78, 5) is 12.0. The molecule has 0 spiro atoms. The summed E-state index contributed by atoms with van der Waals surface area (Å²) >= 11 is 3.36. The molecule has 0 fully saturated rings. The van der Waals surface area contributed by atoms with E-state index in [4.69, 9.17) is 0 Å². The molecule has 0 saturated heterocycles. The molecule has 0 atom stereocenters. The largest absolute Gasteiger partial charge is 0.348 e. The summed E-state index contributed by atoms with van der Waals surface area (Å²) in [5.41, 5.74) is 2.42. The van der Waals surface area contributed by atoms with Gasteiger partial charge in [0.15, 0.2) is 0 Å². The smallest absolute Gasteiger partial charge is 0.251 e. The average molecular weight is 322 g/mol. The van der Waals surface area contributed by atoms with Crippen molar-refractivity contribution in [3.05, 3.63) is 69.4 Å². The van der Waals surface area contributed by atoms with Crippen LogP contribution in [0.3, 0.4) is 0 Å². The van der Waals surface area contributed by atoms with E-state index in [9.17, 15) is 9.18 Å². The number of rotatable bonds is 3. The first-order valence-corrected chi connectivity index (χ1v) is 6.64. The molecule has 0 aliphatic carbocycles. The van der Waals surface area contributed by atoms with E-state index >= 15 is 0 Å². The minimum Gasteiger partial charge on any atom is -0.348 e. The molecule has 2 rings (SSSR count). The predicted octanol–water partition coefficient (Wildman–Crippen LogP) is 3.83. The second-order valence-corrected chi connectivity index (χ2v) is 5.18. The van der Waals surface area contributed by atoms with Crippen molar-refractivity contribution in [1.29, 1.82) is 0 Å². The molecule has 0 saturated carbocycles. The third-order valence-corrected chi connectivity index (χ3v) is 3.29. The molecule has 98 valence electrons. The van der Waals surface area contributed by atoms with Crippen LogP contribution in [0.1, 0.15) is 21.5 Å². The van der Waals surface area contributed by atoms with Gasteiger partial charge in [0.1, 0.15) is 5.82 Å². The van der Waals surface area contributed by atoms with Crippen LogP contribution in [0.5, 0.6) is 0 Å². The first-order valence-electron chi connectivity index (χ1n) is 5.85. The third-order valence-electron chi connectivity index (χ3n) is 2.80. The molecule has 1 N–H and O–H groups in total. The molecule has 1 amide bonds. The summed E-state index contributed by atoms with van der Waals surface area (Å²) in [6, 6.07) is 11.6. The zero-order valence-electron chi connectivity index (χ0n) is 10.4. The Kier molecular flexibility index (Phi) is 4.32. The molecule has 4 heteroatoms. The highest BCUT2D eigenvalue weighted by Gasteiger charge is 2.08. The number of hydrogen-bond acceptors (Lipinski definition) is 1. The van der Waals surface area contributed by atoms with Gasteiger partial charge in [-0.1, -0.05) is 28.1 Å². The molecule has 0 aliphatic rings. The van der Waals surface area contributed by atoms with Crippen molar-refractivity contribution in [3.8, 4) is 0 Å². The fourth-order valence-electron chi connectivity index (χ4n) is 1.76. The summed E-state index contributed by atoms with van der Waals surface area (Å²) in [5, 5.41) is 2.82. The molecule has 19 heavy (non-hydrogen) atoms. The lowest BCUT2D eigenvalue weighted by Gasteiger charge is -2.08. The Morgan fingerprint density at radius 2 is 1.89 bits per heavy atom. The van der Waals surface area contributed by atoms with Crippen LogP contribution < -0.4 is 5.32 Å². The third kappa shape index (κ3) is 3.64. The van der Waals surface area contributed by atoms with Gasteiger partial charge in [0.05, 0.1) is 0 Å². The van der Waals surface area contributed by atoms with E-state index in [1.807, 2.05) is 19.1 Å². The first-order chi connectivity index (χ1) is 9.06. The van der Waals surface area contributed by atoms with Crippen LogP contribution in [0.4, 0.5) is 4.39 Å². The van der Waals surface area contributed by atoms with Gasteiger partial charge in [0.2, 0.25) is 0 Å². The number of carbonyl (C=O) groups excluding carboxylic acids is 1. The highest BCUT2D eigenvalue weighted by molar-refractivity contribution is 9.10. The number of amides is 1. The molecule has 0 heterocycles. The zero-order chi connectivity index (χ0) is 13.8. The highest BCUT2D eigenvalue weighted by Crippen LogP contribution is 2.15. The van der Waals surface area contributed by atoms with Crippen molar-refractivity contribution in [2.75, 3.05) is 0 Å². The van der Waals surface area contributed by atoms with Gasteiger partial charge >= 0.3 is 0 Å². The van der Waals surface area contributed by atoms with Crippen LogP contribution in [-0.4, -0.2) is 5.91 Å². The van der Waals surface area contributed by atoms with Crippen LogP contribution in [0.25, 0.3) is 0 Å². The molecular weight excluding hydrogens is 309 g/mol. The Hall–Kier alpha value is -1.68. The number of benzene rings is 2. The van der Waals surface area contributed by atoms with Crippen molar-refractivity contribution < 1.29 is 9.18 Å². The van der Waals surface area contributed by atoms with E-state index in [1.54, 1.807) is 18.2 Å². The van der Waals surface area contributed by atoms with Crippen LogP contribution in [0.15, 0.2) is 46.9 Å². The molecule has 2 aromatic carbocycles. The monoisotopic (exact) mass is 321 g/mol. The maximum Gasteiger partial charge on any atom is 0.251 e. The van der Waals surface area contributed by atoms with E-state index in [2.05, 4.69) is 21.2 Å². The van der Waals surface area contributed by atoms with E-state index in [0.29, 0.717) is 12.1 Å². The molecule has 0 unspecified atom stereocenters. The van der Waals surface area contributed by atoms with Gasteiger partial charge in [-0.3, -0.25) is 4.79 Å². The Labute approximate surface area is 119 Å². The van der Waals surface area contributed by atoms with Crippen LogP contribution in [-0.2, 0) is 6.54 Å². The average Bonchev–Trinajstić information content (AvgIpc) is 2.37. The molecule has 0 radical (unpaired) electrons. The van der Waals surface area contributed by atoms with Gasteiger partial charge in [0.25, 0.3) is 5.91 Å². The summed E-state index contributed by atoms with van der Waals surface area (Å²) in [7, 11) is 0. The molecule has 2 nitrogen and oxygen atoms in total. The quantitative estimate of drug-likeness (QED) is 0.914. The van der Waals surface area contributed by atoms with Gasteiger partial charge in [-0.2, -0.15) is 0 Å². The van der Waals surface area contributed by atoms with E-state index < -0.39 is 0 Å². The first kappa shape index (κ1) is 13.7. The van der Waals surface area contributed by atoms with Gasteiger partial charge < -0.3 is 5.32 Å². The van der Waals surface area contributed by atoms with Gasteiger partial charge in [-0.05, 0) is 48.4 Å². The molecular formula is C15H13BrFNO. The zero-order valence-corrected chi connectivity index (χ0v) is 12.0. The number of aryl methyl sites for hydroxylation is 1. The van der Waals surface area contributed by atoms with Crippen molar-refractivity contribution in [3.63, 3.8) is 0 Å². The lowest BCUT2D eigenvalue weighted by atomic mass is 10.1. The number of halogens is 2. The lowest BCUT2D eigenvalue weighted by Crippen LogP contribution is -2.23. The van der Waals surface area contributed by atoms with E-state index in [1.165, 1.54) is 12.1 Å². The maximum atomic E-state index is 12.7. The van der Waals surface area contributed by atoms with Crippen LogP contribution >= 0.6 is 15.9 Å². The molecule has 0 bridgehead atoms. The van der Waals surface area contributed by atoms with E-state index in [-0.39, 0.29) is 11.7 Å². The summed E-state index contributed by atoms with van der Waals surface area (Å²) in [6.45, 7) is 2.27. The Morgan fingerprint density at radius 3 is 2.53 bits per heavy atom. The SMILES string of the molecule is Cc1cc(Br)ccc1C(=O)NCc1ccc(F)cc1. The normalized spacial score (nSPS) is 10.3. The highest BCUT2D eigenvalue weighted by atomic mass is 79.9. The maximum absolute atomic E-state index is 12.7. The minimum absolute atomic E-state index is 0.130. The summed E-state index contributed by atoms with van der Waals surface area (Å²) in [6.07, 6.45) is 0. The van der Waals surface area contributed by atoms with Crippen molar-refractivity contribution in [2.24, 2.45) is 0 Å². The molecule has 2 aromatic rings. The fraction of sp³-hybridized carbons (Fsp3) is 0.133. The Bertz CT molecular complexity index is 596.